The van der Waals surface area contributed by atoms with Gasteiger partial charge in [0.05, 0.1) is 6.61 Å². The van der Waals surface area contributed by atoms with E-state index in [1.54, 1.807) is 13.8 Å². The minimum absolute atomic E-state index is 0.0534. The maximum absolute atomic E-state index is 12.1. The molecule has 102 valence electrons. The van der Waals surface area contributed by atoms with Gasteiger partial charge in [0.15, 0.2) is 5.78 Å². The van der Waals surface area contributed by atoms with E-state index in [4.69, 9.17) is 10.1 Å². The van der Waals surface area contributed by atoms with Crippen LogP contribution in [-0.2, 0) is 20.7 Å². The minimum Gasteiger partial charge on any atom is -0.465 e. The van der Waals surface area contributed by atoms with Crippen LogP contribution in [0.2, 0.25) is 0 Å². The van der Waals surface area contributed by atoms with Crippen LogP contribution in [-0.4, -0.2) is 24.6 Å². The molecular formula is C15H19NO3. The SMILES string of the molecule is CCOC(=O)C(C)(Cc1ccccc1)C(=O)CC=N. The molecule has 0 aromatic heterocycles. The van der Waals surface area contributed by atoms with Crippen molar-refractivity contribution in [3.8, 4) is 0 Å². The zero-order valence-corrected chi connectivity index (χ0v) is 11.3. The molecule has 1 aromatic rings. The van der Waals surface area contributed by atoms with Gasteiger partial charge in [0.2, 0.25) is 0 Å². The number of hydrogen-bond donors (Lipinski definition) is 1. The van der Waals surface area contributed by atoms with E-state index in [1.807, 2.05) is 30.3 Å². The third-order valence-corrected chi connectivity index (χ3v) is 3.03. The fourth-order valence-electron chi connectivity index (χ4n) is 1.90. The molecule has 4 heteroatoms. The van der Waals surface area contributed by atoms with E-state index < -0.39 is 11.4 Å². The fraction of sp³-hybridized carbons (Fsp3) is 0.400. The summed E-state index contributed by atoms with van der Waals surface area (Å²) in [4.78, 5) is 24.2. The molecule has 1 atom stereocenters. The number of benzene rings is 1. The second-order valence-electron chi connectivity index (χ2n) is 4.55. The van der Waals surface area contributed by atoms with Gasteiger partial charge in [-0.25, -0.2) is 0 Å². The number of carbonyl (C=O) groups is 2. The molecule has 19 heavy (non-hydrogen) atoms. The lowest BCUT2D eigenvalue weighted by Gasteiger charge is -2.25. The Hall–Kier alpha value is -1.97. The van der Waals surface area contributed by atoms with Gasteiger partial charge in [-0.3, -0.25) is 9.59 Å². The molecule has 0 radical (unpaired) electrons. The zero-order chi connectivity index (χ0) is 14.3. The first-order valence-electron chi connectivity index (χ1n) is 6.28. The normalized spacial score (nSPS) is 13.4. The minimum atomic E-state index is -1.23. The average molecular weight is 261 g/mol. The summed E-state index contributed by atoms with van der Waals surface area (Å²) < 4.78 is 5.01. The highest BCUT2D eigenvalue weighted by atomic mass is 16.5. The quantitative estimate of drug-likeness (QED) is 0.465. The molecule has 0 aliphatic heterocycles. The van der Waals surface area contributed by atoms with Gasteiger partial charge in [-0.05, 0) is 25.8 Å². The van der Waals surface area contributed by atoms with Gasteiger partial charge in [-0.1, -0.05) is 30.3 Å². The predicted molar refractivity (Wildman–Crippen MR) is 73.3 cm³/mol. The van der Waals surface area contributed by atoms with Gasteiger partial charge in [0.1, 0.15) is 5.41 Å². The van der Waals surface area contributed by atoms with Crippen LogP contribution in [0.3, 0.4) is 0 Å². The first-order valence-corrected chi connectivity index (χ1v) is 6.28. The van der Waals surface area contributed by atoms with E-state index in [2.05, 4.69) is 0 Å². The number of hydrogen-bond acceptors (Lipinski definition) is 4. The maximum atomic E-state index is 12.1. The van der Waals surface area contributed by atoms with Gasteiger partial charge < -0.3 is 10.1 Å². The number of ether oxygens (including phenoxy) is 1. The van der Waals surface area contributed by atoms with Crippen molar-refractivity contribution >= 4 is 18.0 Å². The summed E-state index contributed by atoms with van der Waals surface area (Å²) in [5, 5.41) is 7.04. The molecule has 0 amide bonds. The van der Waals surface area contributed by atoms with Crippen molar-refractivity contribution in [2.45, 2.75) is 26.7 Å². The molecule has 0 bridgehead atoms. The predicted octanol–water partition coefficient (Wildman–Crippen LogP) is 2.41. The first-order chi connectivity index (χ1) is 9.04. The van der Waals surface area contributed by atoms with Crippen molar-refractivity contribution in [3.63, 3.8) is 0 Å². The first kappa shape index (κ1) is 15.1. The Morgan fingerprint density at radius 3 is 2.47 bits per heavy atom. The van der Waals surface area contributed by atoms with Gasteiger partial charge in [0.25, 0.3) is 0 Å². The number of esters is 1. The van der Waals surface area contributed by atoms with Gasteiger partial charge in [-0.15, -0.1) is 0 Å². The molecule has 0 heterocycles. The molecule has 1 aromatic carbocycles. The number of rotatable bonds is 7. The highest BCUT2D eigenvalue weighted by Crippen LogP contribution is 2.27. The van der Waals surface area contributed by atoms with Crippen LogP contribution >= 0.6 is 0 Å². The monoisotopic (exact) mass is 261 g/mol. The van der Waals surface area contributed by atoms with Crippen LogP contribution in [0.4, 0.5) is 0 Å². The Balaban J connectivity index is 3.01. The lowest BCUT2D eigenvalue weighted by atomic mass is 9.78. The summed E-state index contributed by atoms with van der Waals surface area (Å²) in [6.07, 6.45) is 1.26. The molecule has 1 rings (SSSR count). The van der Waals surface area contributed by atoms with E-state index in [0.29, 0.717) is 6.42 Å². The Labute approximate surface area is 113 Å². The second kappa shape index (κ2) is 6.83. The van der Waals surface area contributed by atoms with Crippen LogP contribution < -0.4 is 0 Å². The lowest BCUT2D eigenvalue weighted by molar-refractivity contribution is -0.158. The van der Waals surface area contributed by atoms with Gasteiger partial charge >= 0.3 is 5.97 Å². The van der Waals surface area contributed by atoms with Crippen molar-refractivity contribution in [1.82, 2.24) is 0 Å². The Morgan fingerprint density at radius 2 is 1.95 bits per heavy atom. The standard InChI is InChI=1S/C15H19NO3/c1-3-19-14(18)15(2,13(17)9-10-16)11-12-7-5-4-6-8-12/h4-8,10,16H,3,9,11H2,1-2H3. The molecule has 0 aliphatic rings. The third kappa shape index (κ3) is 3.74. The van der Waals surface area contributed by atoms with E-state index in [9.17, 15) is 9.59 Å². The molecule has 1 N–H and O–H groups in total. The van der Waals surface area contributed by atoms with Crippen molar-refractivity contribution in [3.05, 3.63) is 35.9 Å². The zero-order valence-electron chi connectivity index (χ0n) is 11.3. The average Bonchev–Trinajstić information content (AvgIpc) is 2.40. The molecule has 4 nitrogen and oxygen atoms in total. The fourth-order valence-corrected chi connectivity index (χ4v) is 1.90. The Morgan fingerprint density at radius 1 is 1.32 bits per heavy atom. The summed E-state index contributed by atoms with van der Waals surface area (Å²) >= 11 is 0. The molecular weight excluding hydrogens is 242 g/mol. The van der Waals surface area contributed by atoms with Crippen LogP contribution in [0.25, 0.3) is 0 Å². The third-order valence-electron chi connectivity index (χ3n) is 3.03. The Bertz CT molecular complexity index is 456. The second-order valence-corrected chi connectivity index (χ2v) is 4.55. The topological polar surface area (TPSA) is 67.2 Å². The lowest BCUT2D eigenvalue weighted by Crippen LogP contribution is -2.40. The summed E-state index contributed by atoms with van der Waals surface area (Å²) in [6, 6.07) is 9.35. The van der Waals surface area contributed by atoms with Crippen LogP contribution in [0.5, 0.6) is 0 Å². The number of carbonyl (C=O) groups excluding carboxylic acids is 2. The van der Waals surface area contributed by atoms with Crippen LogP contribution in [0.1, 0.15) is 25.8 Å². The molecule has 0 saturated heterocycles. The summed E-state index contributed by atoms with van der Waals surface area (Å²) in [5.41, 5.74) is -0.328. The van der Waals surface area contributed by atoms with E-state index in [1.165, 1.54) is 0 Å². The number of Topliss-reactive ketones (excluding diaryl/α,β-unsaturated/α-hetero) is 1. The van der Waals surface area contributed by atoms with Gasteiger partial charge in [0, 0.05) is 12.6 Å². The molecule has 1 unspecified atom stereocenters. The van der Waals surface area contributed by atoms with E-state index in [0.717, 1.165) is 11.8 Å². The van der Waals surface area contributed by atoms with Gasteiger partial charge in [-0.2, -0.15) is 0 Å². The molecule has 0 spiro atoms. The summed E-state index contributed by atoms with van der Waals surface area (Å²) in [7, 11) is 0. The smallest absolute Gasteiger partial charge is 0.319 e. The summed E-state index contributed by atoms with van der Waals surface area (Å²) in [5.74, 6) is -0.810. The van der Waals surface area contributed by atoms with Crippen LogP contribution in [0, 0.1) is 10.8 Å². The molecule has 0 fully saturated rings. The van der Waals surface area contributed by atoms with Crippen molar-refractivity contribution in [1.29, 1.82) is 5.41 Å². The number of ketones is 1. The van der Waals surface area contributed by atoms with Crippen molar-refractivity contribution in [2.75, 3.05) is 6.61 Å². The number of nitrogens with one attached hydrogen (secondary N) is 1. The Kier molecular flexibility index (Phi) is 5.42. The van der Waals surface area contributed by atoms with Crippen molar-refractivity contribution in [2.24, 2.45) is 5.41 Å². The highest BCUT2D eigenvalue weighted by molar-refractivity contribution is 6.07. The van der Waals surface area contributed by atoms with Crippen LogP contribution in [0.15, 0.2) is 30.3 Å². The largest absolute Gasteiger partial charge is 0.465 e. The maximum Gasteiger partial charge on any atom is 0.319 e. The molecule has 0 saturated carbocycles. The summed E-state index contributed by atoms with van der Waals surface area (Å²) in [6.45, 7) is 3.53. The van der Waals surface area contributed by atoms with Crippen molar-refractivity contribution < 1.29 is 14.3 Å². The molecule has 0 aliphatic carbocycles. The van der Waals surface area contributed by atoms with E-state index >= 15 is 0 Å². The van der Waals surface area contributed by atoms with E-state index in [-0.39, 0.29) is 18.8 Å². The highest BCUT2D eigenvalue weighted by Gasteiger charge is 2.41.